The van der Waals surface area contributed by atoms with Crippen LogP contribution in [-0.4, -0.2) is 25.2 Å². The maximum Gasteiger partial charge on any atom is 0.306 e. The third-order valence-corrected chi connectivity index (χ3v) is 3.57. The highest BCUT2D eigenvalue weighted by Gasteiger charge is 2.09. The van der Waals surface area contributed by atoms with Gasteiger partial charge < -0.3 is 9.47 Å². The molecule has 0 aliphatic carbocycles. The summed E-state index contributed by atoms with van der Waals surface area (Å²) in [5.41, 5.74) is 1.01. The molecule has 0 fully saturated rings. The van der Waals surface area contributed by atoms with Gasteiger partial charge in [0.25, 0.3) is 0 Å². The van der Waals surface area contributed by atoms with E-state index in [1.165, 1.54) is 0 Å². The fourth-order valence-electron chi connectivity index (χ4n) is 2.04. The number of hydrogen-bond donors (Lipinski definition) is 0. The van der Waals surface area contributed by atoms with Crippen molar-refractivity contribution in [2.45, 2.75) is 51.9 Å². The normalized spacial score (nSPS) is 10.3. The van der Waals surface area contributed by atoms with Crippen molar-refractivity contribution in [3.8, 4) is 0 Å². The number of esters is 2. The molecule has 0 radical (unpaired) electrons. The maximum atomic E-state index is 11.6. The Bertz CT molecular complexity index is 488. The summed E-state index contributed by atoms with van der Waals surface area (Å²) in [6.07, 6.45) is 4.98. The molecule has 0 aliphatic heterocycles. The van der Waals surface area contributed by atoms with E-state index in [0.29, 0.717) is 18.1 Å². The molecule has 0 heterocycles. The van der Waals surface area contributed by atoms with Crippen LogP contribution in [-0.2, 0) is 25.5 Å². The van der Waals surface area contributed by atoms with Crippen LogP contribution in [0.15, 0.2) is 24.3 Å². The van der Waals surface area contributed by atoms with Gasteiger partial charge in [0.05, 0.1) is 26.1 Å². The third kappa shape index (κ3) is 9.95. The van der Waals surface area contributed by atoms with Crippen molar-refractivity contribution in [1.82, 2.24) is 0 Å². The first-order chi connectivity index (χ1) is 11.1. The Kier molecular flexibility index (Phi) is 10.1. The fourth-order valence-corrected chi connectivity index (χ4v) is 2.25. The van der Waals surface area contributed by atoms with E-state index in [0.717, 1.165) is 31.2 Å². The number of carbonyl (C=O) groups is 2. The summed E-state index contributed by atoms with van der Waals surface area (Å²) in [4.78, 5) is 23.0. The van der Waals surface area contributed by atoms with Gasteiger partial charge in [-0.05, 0) is 24.1 Å². The minimum Gasteiger partial charge on any atom is -0.466 e. The number of carbonyl (C=O) groups excluding carboxylic acids is 2. The van der Waals surface area contributed by atoms with Crippen molar-refractivity contribution in [2.24, 2.45) is 0 Å². The molecule has 0 N–H and O–H groups in total. The molecule has 0 bridgehead atoms. The van der Waals surface area contributed by atoms with E-state index in [9.17, 15) is 9.59 Å². The number of ether oxygens (including phenoxy) is 2. The van der Waals surface area contributed by atoms with Crippen LogP contribution in [0.25, 0.3) is 0 Å². The summed E-state index contributed by atoms with van der Waals surface area (Å²) < 4.78 is 10.2. The summed E-state index contributed by atoms with van der Waals surface area (Å²) in [5.74, 6) is -0.719. The number of rotatable bonds is 11. The quantitative estimate of drug-likeness (QED) is 0.444. The van der Waals surface area contributed by atoms with E-state index in [-0.39, 0.29) is 31.4 Å². The first-order valence-corrected chi connectivity index (χ1v) is 8.55. The number of halogens is 1. The number of hydrogen-bond acceptors (Lipinski definition) is 4. The van der Waals surface area contributed by atoms with Crippen LogP contribution in [0.1, 0.15) is 51.0 Å². The second-order valence-corrected chi connectivity index (χ2v) is 5.82. The van der Waals surface area contributed by atoms with Crippen molar-refractivity contribution in [3.05, 3.63) is 34.9 Å². The van der Waals surface area contributed by atoms with Crippen LogP contribution < -0.4 is 0 Å². The lowest BCUT2D eigenvalue weighted by Gasteiger charge is -2.06. The van der Waals surface area contributed by atoms with E-state index >= 15 is 0 Å². The lowest BCUT2D eigenvalue weighted by atomic mass is 10.2. The van der Waals surface area contributed by atoms with Crippen LogP contribution in [0.5, 0.6) is 0 Å². The highest BCUT2D eigenvalue weighted by Crippen LogP contribution is 2.11. The van der Waals surface area contributed by atoms with Gasteiger partial charge in [0, 0.05) is 11.4 Å². The SMILES string of the molecule is CCCCCCOC(=O)CCC(=O)OCCc1cccc(Cl)c1. The Morgan fingerprint density at radius 1 is 1.00 bits per heavy atom. The van der Waals surface area contributed by atoms with Crippen molar-refractivity contribution in [2.75, 3.05) is 13.2 Å². The molecule has 1 rings (SSSR count). The zero-order valence-corrected chi connectivity index (χ0v) is 14.4. The zero-order chi connectivity index (χ0) is 16.9. The molecule has 1 aromatic carbocycles. The van der Waals surface area contributed by atoms with Crippen LogP contribution in [0.3, 0.4) is 0 Å². The van der Waals surface area contributed by atoms with Gasteiger partial charge in [-0.1, -0.05) is 49.9 Å². The monoisotopic (exact) mass is 340 g/mol. The maximum absolute atomic E-state index is 11.6. The molecule has 0 saturated heterocycles. The molecule has 4 nitrogen and oxygen atoms in total. The van der Waals surface area contributed by atoms with E-state index in [2.05, 4.69) is 6.92 Å². The van der Waals surface area contributed by atoms with Crippen molar-refractivity contribution in [3.63, 3.8) is 0 Å². The Morgan fingerprint density at radius 3 is 2.35 bits per heavy atom. The van der Waals surface area contributed by atoms with Crippen LogP contribution >= 0.6 is 11.6 Å². The molecule has 23 heavy (non-hydrogen) atoms. The average molecular weight is 341 g/mol. The lowest BCUT2D eigenvalue weighted by molar-refractivity contribution is -0.150. The lowest BCUT2D eigenvalue weighted by Crippen LogP contribution is -2.12. The summed E-state index contributed by atoms with van der Waals surface area (Å²) in [6, 6.07) is 7.42. The van der Waals surface area contributed by atoms with E-state index in [4.69, 9.17) is 21.1 Å². The smallest absolute Gasteiger partial charge is 0.306 e. The van der Waals surface area contributed by atoms with E-state index in [1.807, 2.05) is 18.2 Å². The fraction of sp³-hybridized carbons (Fsp3) is 0.556. The molecular formula is C18H25ClO4. The van der Waals surface area contributed by atoms with Gasteiger partial charge >= 0.3 is 11.9 Å². The Hall–Kier alpha value is -1.55. The standard InChI is InChI=1S/C18H25ClO4/c1-2-3-4-5-12-22-17(20)9-10-18(21)23-13-11-15-7-6-8-16(19)14-15/h6-8,14H,2-5,9-13H2,1H3. The van der Waals surface area contributed by atoms with Gasteiger partial charge in [0.2, 0.25) is 0 Å². The van der Waals surface area contributed by atoms with Gasteiger partial charge in [-0.2, -0.15) is 0 Å². The van der Waals surface area contributed by atoms with Gasteiger partial charge in [-0.25, -0.2) is 0 Å². The molecule has 0 saturated carbocycles. The van der Waals surface area contributed by atoms with Crippen LogP contribution in [0.2, 0.25) is 5.02 Å². The number of unbranched alkanes of at least 4 members (excludes halogenated alkanes) is 3. The average Bonchev–Trinajstić information content (AvgIpc) is 2.53. The first-order valence-electron chi connectivity index (χ1n) is 8.17. The molecule has 5 heteroatoms. The van der Waals surface area contributed by atoms with Crippen molar-refractivity contribution in [1.29, 1.82) is 0 Å². The van der Waals surface area contributed by atoms with Gasteiger partial charge in [0.15, 0.2) is 0 Å². The predicted molar refractivity (Wildman–Crippen MR) is 90.5 cm³/mol. The molecule has 1 aromatic rings. The minimum absolute atomic E-state index is 0.0589. The Balaban J connectivity index is 2.06. The summed E-state index contributed by atoms with van der Waals surface area (Å²) in [7, 11) is 0. The summed E-state index contributed by atoms with van der Waals surface area (Å²) in [5, 5.41) is 0.663. The zero-order valence-electron chi connectivity index (χ0n) is 13.7. The summed E-state index contributed by atoms with van der Waals surface area (Å²) in [6.45, 7) is 2.85. The second-order valence-electron chi connectivity index (χ2n) is 5.38. The van der Waals surface area contributed by atoms with Gasteiger partial charge in [-0.3, -0.25) is 9.59 Å². The molecule has 0 aliphatic rings. The van der Waals surface area contributed by atoms with Gasteiger partial charge in [0.1, 0.15) is 0 Å². The molecule has 0 unspecified atom stereocenters. The number of benzene rings is 1. The second kappa shape index (κ2) is 11.9. The molecule has 0 atom stereocenters. The topological polar surface area (TPSA) is 52.6 Å². The van der Waals surface area contributed by atoms with Crippen LogP contribution in [0, 0.1) is 0 Å². The van der Waals surface area contributed by atoms with E-state index < -0.39 is 0 Å². The van der Waals surface area contributed by atoms with Crippen LogP contribution in [0.4, 0.5) is 0 Å². The van der Waals surface area contributed by atoms with Crippen molar-refractivity contribution < 1.29 is 19.1 Å². The predicted octanol–water partition coefficient (Wildman–Crippen LogP) is 4.33. The Morgan fingerprint density at radius 2 is 1.70 bits per heavy atom. The highest BCUT2D eigenvalue weighted by atomic mass is 35.5. The molecule has 0 aromatic heterocycles. The van der Waals surface area contributed by atoms with E-state index in [1.54, 1.807) is 6.07 Å². The highest BCUT2D eigenvalue weighted by molar-refractivity contribution is 6.30. The van der Waals surface area contributed by atoms with Crippen molar-refractivity contribution >= 4 is 23.5 Å². The molecule has 128 valence electrons. The minimum atomic E-state index is -0.380. The Labute approximate surface area is 143 Å². The molecule has 0 spiro atoms. The molecule has 0 amide bonds. The van der Waals surface area contributed by atoms with Gasteiger partial charge in [-0.15, -0.1) is 0 Å². The summed E-state index contributed by atoms with van der Waals surface area (Å²) >= 11 is 5.88. The largest absolute Gasteiger partial charge is 0.466 e. The third-order valence-electron chi connectivity index (χ3n) is 3.34. The first kappa shape index (κ1) is 19.5. The molecular weight excluding hydrogens is 316 g/mol.